The van der Waals surface area contributed by atoms with E-state index in [2.05, 4.69) is 29.1 Å². The quantitative estimate of drug-likeness (QED) is 0.537. The molecule has 2 saturated heterocycles. The molecule has 1 aromatic carbocycles. The van der Waals surface area contributed by atoms with Gasteiger partial charge in [0.15, 0.2) is 5.82 Å². The van der Waals surface area contributed by atoms with Crippen molar-refractivity contribution in [3.05, 3.63) is 41.3 Å². The Morgan fingerprint density at radius 3 is 2.55 bits per heavy atom. The van der Waals surface area contributed by atoms with Crippen molar-refractivity contribution in [3.8, 4) is 5.82 Å². The number of aromatic nitrogens is 4. The van der Waals surface area contributed by atoms with Gasteiger partial charge in [-0.05, 0) is 56.4 Å². The summed E-state index contributed by atoms with van der Waals surface area (Å²) in [6, 6.07) is 6.70. The summed E-state index contributed by atoms with van der Waals surface area (Å²) in [5.74, 6) is 2.40. The molecular weight excluding hydrogens is 457 g/mol. The SMILES string of the molecule is Cc1nc(N2CC3CC2CO3)cc(-n2ncc3cc(C)c(C4CCCCC4F)cc32)n1.S.S. The van der Waals surface area contributed by atoms with Gasteiger partial charge in [0.05, 0.1) is 30.5 Å². The molecule has 2 aromatic heterocycles. The number of hydrogen-bond donors (Lipinski definition) is 0. The topological polar surface area (TPSA) is 56.1 Å². The minimum absolute atomic E-state index is 0. The summed E-state index contributed by atoms with van der Waals surface area (Å²) < 4.78 is 22.4. The monoisotopic (exact) mass is 489 g/mol. The highest BCUT2D eigenvalue weighted by molar-refractivity contribution is 7.59. The smallest absolute Gasteiger partial charge is 0.159 e. The lowest BCUT2D eigenvalue weighted by Crippen LogP contribution is -2.37. The zero-order chi connectivity index (χ0) is 21.1. The van der Waals surface area contributed by atoms with E-state index in [0.717, 1.165) is 78.3 Å². The number of aryl methyl sites for hydroxylation is 2. The van der Waals surface area contributed by atoms with E-state index in [-0.39, 0.29) is 32.9 Å². The number of alkyl halides is 1. The molecule has 6 nitrogen and oxygen atoms in total. The molecule has 4 atom stereocenters. The standard InChI is InChI=1S/C24H28FN5O.2H2S/c1-14-7-16-11-26-30(22(16)9-20(14)19-5-3-4-6-21(19)25)24-10-23(27-15(2)28-24)29-12-18-8-17(29)13-31-18;;/h7,9-11,17-19,21H,3-6,8,12-13H2,1-2H3;2*1H2. The van der Waals surface area contributed by atoms with Crippen LogP contribution in [0.2, 0.25) is 0 Å². The second-order valence-electron chi connectivity index (χ2n) is 9.36. The van der Waals surface area contributed by atoms with Crippen molar-refractivity contribution >= 4 is 43.7 Å². The van der Waals surface area contributed by atoms with Crippen molar-refractivity contribution in [2.24, 2.45) is 0 Å². The highest BCUT2D eigenvalue weighted by atomic mass is 32.1. The van der Waals surface area contributed by atoms with E-state index in [1.165, 1.54) is 0 Å². The average molecular weight is 490 g/mol. The van der Waals surface area contributed by atoms with Gasteiger partial charge in [-0.2, -0.15) is 32.1 Å². The van der Waals surface area contributed by atoms with E-state index >= 15 is 0 Å². The third-order valence-electron chi connectivity index (χ3n) is 7.26. The third-order valence-corrected chi connectivity index (χ3v) is 7.26. The number of anilines is 1. The molecule has 3 aromatic rings. The lowest BCUT2D eigenvalue weighted by molar-refractivity contribution is 0.0988. The van der Waals surface area contributed by atoms with Crippen molar-refractivity contribution in [1.82, 2.24) is 19.7 Å². The van der Waals surface area contributed by atoms with Crippen molar-refractivity contribution < 1.29 is 9.13 Å². The maximum atomic E-state index is 14.8. The highest BCUT2D eigenvalue weighted by Crippen LogP contribution is 2.38. The fraction of sp³-hybridized carbons (Fsp3) is 0.542. The molecule has 9 heteroatoms. The van der Waals surface area contributed by atoms with E-state index in [1.54, 1.807) is 0 Å². The molecule has 6 rings (SSSR count). The van der Waals surface area contributed by atoms with E-state index in [0.29, 0.717) is 18.6 Å². The Kier molecular flexibility index (Phi) is 6.94. The number of ether oxygens (including phenoxy) is 1. The molecule has 3 aliphatic rings. The lowest BCUT2D eigenvalue weighted by Gasteiger charge is -2.28. The highest BCUT2D eigenvalue weighted by Gasteiger charge is 2.40. The van der Waals surface area contributed by atoms with Crippen LogP contribution in [0.3, 0.4) is 0 Å². The molecule has 4 heterocycles. The summed E-state index contributed by atoms with van der Waals surface area (Å²) in [6.07, 6.45) is 6.16. The minimum atomic E-state index is -0.762. The number of fused-ring (bicyclic) bond motifs is 3. The molecule has 0 N–H and O–H groups in total. The van der Waals surface area contributed by atoms with E-state index in [4.69, 9.17) is 14.7 Å². The molecule has 33 heavy (non-hydrogen) atoms. The van der Waals surface area contributed by atoms with Gasteiger partial charge in [-0.1, -0.05) is 12.8 Å². The minimum Gasteiger partial charge on any atom is -0.374 e. The second-order valence-corrected chi connectivity index (χ2v) is 9.36. The van der Waals surface area contributed by atoms with Gasteiger partial charge in [-0.15, -0.1) is 0 Å². The molecule has 3 fully saturated rings. The first kappa shape index (κ1) is 24.3. The molecule has 178 valence electrons. The zero-order valence-electron chi connectivity index (χ0n) is 19.1. The van der Waals surface area contributed by atoms with Crippen LogP contribution in [0.15, 0.2) is 24.4 Å². The van der Waals surface area contributed by atoms with Crippen LogP contribution in [-0.2, 0) is 4.74 Å². The molecular formula is C24H32FN5OS2. The fourth-order valence-corrected chi connectivity index (χ4v) is 5.69. The Bertz CT molecular complexity index is 1160. The fourth-order valence-electron chi connectivity index (χ4n) is 5.69. The van der Waals surface area contributed by atoms with Crippen LogP contribution in [0.5, 0.6) is 0 Å². The van der Waals surface area contributed by atoms with Gasteiger partial charge >= 0.3 is 0 Å². The zero-order valence-corrected chi connectivity index (χ0v) is 21.1. The molecule has 2 aliphatic heterocycles. The normalized spacial score (nSPS) is 26.3. The van der Waals surface area contributed by atoms with E-state index in [9.17, 15) is 4.39 Å². The van der Waals surface area contributed by atoms with Crippen LogP contribution in [0, 0.1) is 13.8 Å². The Hall–Kier alpha value is -1.84. The maximum absolute atomic E-state index is 14.8. The van der Waals surface area contributed by atoms with Crippen LogP contribution in [0.1, 0.15) is 55.0 Å². The maximum Gasteiger partial charge on any atom is 0.159 e. The number of hydrogen-bond acceptors (Lipinski definition) is 5. The lowest BCUT2D eigenvalue weighted by atomic mass is 9.80. The van der Waals surface area contributed by atoms with Crippen LogP contribution in [0.25, 0.3) is 16.7 Å². The summed E-state index contributed by atoms with van der Waals surface area (Å²) >= 11 is 0. The molecule has 2 bridgehead atoms. The first-order valence-corrected chi connectivity index (χ1v) is 11.4. The van der Waals surface area contributed by atoms with Crippen molar-refractivity contribution in [1.29, 1.82) is 0 Å². The summed E-state index contributed by atoms with van der Waals surface area (Å²) in [6.45, 7) is 5.66. The molecule has 1 saturated carbocycles. The van der Waals surface area contributed by atoms with Gasteiger partial charge in [-0.3, -0.25) is 0 Å². The van der Waals surface area contributed by atoms with E-state index < -0.39 is 6.17 Å². The molecule has 0 spiro atoms. The van der Waals surface area contributed by atoms with Crippen molar-refractivity contribution in [3.63, 3.8) is 0 Å². The van der Waals surface area contributed by atoms with Gasteiger partial charge in [0.25, 0.3) is 0 Å². The molecule has 4 unspecified atom stereocenters. The van der Waals surface area contributed by atoms with Gasteiger partial charge in [-0.25, -0.2) is 19.0 Å². The van der Waals surface area contributed by atoms with E-state index in [1.807, 2.05) is 23.9 Å². The predicted octanol–water partition coefficient (Wildman–Crippen LogP) is 4.63. The van der Waals surface area contributed by atoms with Crippen LogP contribution >= 0.6 is 27.0 Å². The third kappa shape index (κ3) is 4.23. The van der Waals surface area contributed by atoms with Gasteiger partial charge < -0.3 is 9.64 Å². The molecule has 0 amide bonds. The summed E-state index contributed by atoms with van der Waals surface area (Å²) in [5, 5.41) is 5.71. The average Bonchev–Trinajstić information content (AvgIpc) is 3.49. The Morgan fingerprint density at radius 1 is 1.03 bits per heavy atom. The largest absolute Gasteiger partial charge is 0.374 e. The van der Waals surface area contributed by atoms with Gasteiger partial charge in [0, 0.05) is 23.9 Å². The number of nitrogens with zero attached hydrogens (tertiary/aromatic N) is 5. The summed E-state index contributed by atoms with van der Waals surface area (Å²) in [4.78, 5) is 11.7. The predicted molar refractivity (Wildman–Crippen MR) is 138 cm³/mol. The Balaban J connectivity index is 0.00000130. The van der Waals surface area contributed by atoms with Crippen LogP contribution in [0.4, 0.5) is 10.2 Å². The Labute approximate surface area is 207 Å². The number of halogens is 1. The van der Waals surface area contributed by atoms with Crippen molar-refractivity contribution in [2.75, 3.05) is 18.1 Å². The number of rotatable bonds is 3. The van der Waals surface area contributed by atoms with Crippen LogP contribution < -0.4 is 4.90 Å². The van der Waals surface area contributed by atoms with Gasteiger partial charge in [0.2, 0.25) is 0 Å². The van der Waals surface area contributed by atoms with Gasteiger partial charge in [0.1, 0.15) is 17.8 Å². The first-order valence-electron chi connectivity index (χ1n) is 11.4. The molecule has 1 aliphatic carbocycles. The first-order chi connectivity index (χ1) is 15.1. The number of benzene rings is 1. The second kappa shape index (κ2) is 9.43. The number of morpholine rings is 1. The molecule has 0 radical (unpaired) electrons. The summed E-state index contributed by atoms with van der Waals surface area (Å²) in [5.41, 5.74) is 3.24. The Morgan fingerprint density at radius 2 is 1.82 bits per heavy atom. The van der Waals surface area contributed by atoms with Crippen molar-refractivity contribution in [2.45, 2.75) is 70.2 Å². The van der Waals surface area contributed by atoms with Crippen LogP contribution in [-0.4, -0.2) is 51.2 Å². The summed E-state index contributed by atoms with van der Waals surface area (Å²) in [7, 11) is 0.